The van der Waals surface area contributed by atoms with Gasteiger partial charge in [0.25, 0.3) is 0 Å². The fraction of sp³-hybridized carbons (Fsp3) is 0.250. The van der Waals surface area contributed by atoms with Gasteiger partial charge in [-0.2, -0.15) is 0 Å². The van der Waals surface area contributed by atoms with E-state index in [9.17, 15) is 4.39 Å². The minimum atomic E-state index is -0.552. The van der Waals surface area contributed by atoms with E-state index >= 15 is 0 Å². The Balaban J connectivity index is 3.09. The zero-order chi connectivity index (χ0) is 9.84. The molecule has 0 aliphatic rings. The fourth-order valence-electron chi connectivity index (χ4n) is 0.950. The van der Waals surface area contributed by atoms with E-state index in [0.717, 1.165) is 0 Å². The molecule has 0 heterocycles. The topological polar surface area (TPSA) is 41.5 Å². The fourth-order valence-corrected chi connectivity index (χ4v) is 1.18. The van der Waals surface area contributed by atoms with Crippen molar-refractivity contribution in [3.63, 3.8) is 0 Å². The molecule has 0 aliphatic carbocycles. The van der Waals surface area contributed by atoms with Gasteiger partial charge in [0.05, 0.1) is 12.1 Å². The van der Waals surface area contributed by atoms with Crippen LogP contribution in [0.15, 0.2) is 12.1 Å². The lowest BCUT2D eigenvalue weighted by molar-refractivity contribution is 0.160. The molecule has 0 unspecified atom stereocenters. The summed E-state index contributed by atoms with van der Waals surface area (Å²) in [5.74, 6) is -0.0966. The number of hydroxylamine groups is 1. The molecule has 3 nitrogen and oxygen atoms in total. The zero-order valence-corrected chi connectivity index (χ0v) is 7.73. The Bertz CT molecular complexity index is 306. The van der Waals surface area contributed by atoms with E-state index in [0.29, 0.717) is 5.75 Å². The smallest absolute Gasteiger partial charge is 0.146 e. The van der Waals surface area contributed by atoms with Crippen LogP contribution in [0.25, 0.3) is 0 Å². The molecule has 13 heavy (non-hydrogen) atoms. The van der Waals surface area contributed by atoms with Gasteiger partial charge >= 0.3 is 0 Å². The number of nitrogens with one attached hydrogen (secondary N) is 1. The van der Waals surface area contributed by atoms with Crippen LogP contribution < -0.4 is 10.2 Å². The third kappa shape index (κ3) is 2.30. The predicted molar refractivity (Wildman–Crippen MR) is 46.6 cm³/mol. The summed E-state index contributed by atoms with van der Waals surface area (Å²) >= 11 is 5.57. The SMILES string of the molecule is COc1cc(Cl)c(F)c(CNO)c1. The van der Waals surface area contributed by atoms with Crippen LogP contribution in [0.1, 0.15) is 5.56 Å². The number of benzene rings is 1. The highest BCUT2D eigenvalue weighted by atomic mass is 35.5. The van der Waals surface area contributed by atoms with Crippen LogP contribution >= 0.6 is 11.6 Å². The molecule has 1 rings (SSSR count). The van der Waals surface area contributed by atoms with Crippen molar-refractivity contribution < 1.29 is 14.3 Å². The summed E-state index contributed by atoms with van der Waals surface area (Å²) in [4.78, 5) is 0. The highest BCUT2D eigenvalue weighted by Gasteiger charge is 2.08. The Morgan fingerprint density at radius 1 is 1.62 bits per heavy atom. The number of ether oxygens (including phenoxy) is 1. The first-order chi connectivity index (χ1) is 6.19. The van der Waals surface area contributed by atoms with Crippen LogP contribution in [0.2, 0.25) is 5.02 Å². The van der Waals surface area contributed by atoms with Crippen LogP contribution in [-0.4, -0.2) is 12.3 Å². The molecule has 0 amide bonds. The second-order valence-corrected chi connectivity index (χ2v) is 2.82. The van der Waals surface area contributed by atoms with Crippen molar-refractivity contribution in [2.24, 2.45) is 0 Å². The lowest BCUT2D eigenvalue weighted by atomic mass is 10.2. The molecule has 72 valence electrons. The van der Waals surface area contributed by atoms with Crippen molar-refractivity contribution in [2.45, 2.75) is 6.54 Å². The van der Waals surface area contributed by atoms with Crippen molar-refractivity contribution >= 4 is 11.6 Å². The second-order valence-electron chi connectivity index (χ2n) is 2.42. The predicted octanol–water partition coefficient (Wildman–Crippen LogP) is 1.97. The number of halogens is 2. The normalized spacial score (nSPS) is 10.2. The minimum Gasteiger partial charge on any atom is -0.497 e. The summed E-state index contributed by atoms with van der Waals surface area (Å²) in [5, 5.41) is 8.37. The largest absolute Gasteiger partial charge is 0.497 e. The Morgan fingerprint density at radius 2 is 2.31 bits per heavy atom. The first-order valence-corrected chi connectivity index (χ1v) is 3.95. The molecule has 0 saturated carbocycles. The van der Waals surface area contributed by atoms with Gasteiger partial charge in [0, 0.05) is 18.2 Å². The van der Waals surface area contributed by atoms with Gasteiger partial charge in [0.15, 0.2) is 0 Å². The van der Waals surface area contributed by atoms with Crippen LogP contribution in [0.3, 0.4) is 0 Å². The molecule has 0 bridgehead atoms. The molecular formula is C8H9ClFNO2. The molecule has 0 aliphatic heterocycles. The highest BCUT2D eigenvalue weighted by molar-refractivity contribution is 6.30. The molecule has 1 aromatic carbocycles. The zero-order valence-electron chi connectivity index (χ0n) is 6.97. The number of rotatable bonds is 3. The lowest BCUT2D eigenvalue weighted by Gasteiger charge is -2.06. The van der Waals surface area contributed by atoms with Gasteiger partial charge in [-0.1, -0.05) is 11.6 Å². The first kappa shape index (κ1) is 10.2. The minimum absolute atomic E-state index is 0.0112. The van der Waals surface area contributed by atoms with Crippen LogP contribution in [0, 0.1) is 5.82 Å². The average molecular weight is 206 g/mol. The van der Waals surface area contributed by atoms with Gasteiger partial charge in [0.1, 0.15) is 11.6 Å². The van der Waals surface area contributed by atoms with Crippen molar-refractivity contribution in [1.29, 1.82) is 0 Å². The van der Waals surface area contributed by atoms with Crippen LogP contribution in [0.5, 0.6) is 5.75 Å². The molecule has 0 radical (unpaired) electrons. The molecular weight excluding hydrogens is 197 g/mol. The summed E-state index contributed by atoms with van der Waals surface area (Å²) in [7, 11) is 1.46. The molecule has 2 N–H and O–H groups in total. The quantitative estimate of drug-likeness (QED) is 0.742. The van der Waals surface area contributed by atoms with Crippen molar-refractivity contribution in [3.8, 4) is 5.75 Å². The summed E-state index contributed by atoms with van der Waals surface area (Å²) in [5.41, 5.74) is 2.11. The van der Waals surface area contributed by atoms with E-state index in [4.69, 9.17) is 21.5 Å². The van der Waals surface area contributed by atoms with Crippen molar-refractivity contribution in [1.82, 2.24) is 5.48 Å². The van der Waals surface area contributed by atoms with Gasteiger partial charge < -0.3 is 9.94 Å². The standard InChI is InChI=1S/C8H9ClFNO2/c1-13-6-2-5(4-11-12)8(10)7(9)3-6/h2-3,11-12H,4H2,1H3. The van der Waals surface area contributed by atoms with Gasteiger partial charge in [-0.3, -0.25) is 0 Å². The maximum absolute atomic E-state index is 13.2. The molecule has 0 aromatic heterocycles. The van der Waals surface area contributed by atoms with Gasteiger partial charge in [0.2, 0.25) is 0 Å². The summed E-state index contributed by atoms with van der Waals surface area (Å²) in [6.07, 6.45) is 0. The monoisotopic (exact) mass is 205 g/mol. The van der Waals surface area contributed by atoms with E-state index in [1.807, 2.05) is 5.48 Å². The molecule has 0 spiro atoms. The Morgan fingerprint density at radius 3 is 2.85 bits per heavy atom. The van der Waals surface area contributed by atoms with E-state index < -0.39 is 5.82 Å². The highest BCUT2D eigenvalue weighted by Crippen LogP contribution is 2.24. The van der Waals surface area contributed by atoms with Crippen molar-refractivity contribution in [2.75, 3.05) is 7.11 Å². The molecule has 5 heteroatoms. The molecule has 1 aromatic rings. The lowest BCUT2D eigenvalue weighted by Crippen LogP contribution is -2.08. The van der Waals surface area contributed by atoms with E-state index in [2.05, 4.69) is 0 Å². The van der Waals surface area contributed by atoms with Gasteiger partial charge in [-0.15, -0.1) is 0 Å². The maximum atomic E-state index is 13.2. The van der Waals surface area contributed by atoms with Gasteiger partial charge in [-0.25, -0.2) is 9.87 Å². The number of methoxy groups -OCH3 is 1. The first-order valence-electron chi connectivity index (χ1n) is 3.58. The summed E-state index contributed by atoms with van der Waals surface area (Å²) < 4.78 is 18.0. The molecule has 0 fully saturated rings. The van der Waals surface area contributed by atoms with E-state index in [1.165, 1.54) is 19.2 Å². The van der Waals surface area contributed by atoms with E-state index in [-0.39, 0.29) is 17.1 Å². The Hall–Kier alpha value is -0.840. The summed E-state index contributed by atoms with van der Waals surface area (Å²) in [6, 6.07) is 2.84. The molecule has 0 atom stereocenters. The van der Waals surface area contributed by atoms with Crippen LogP contribution in [-0.2, 0) is 6.54 Å². The van der Waals surface area contributed by atoms with E-state index in [1.54, 1.807) is 0 Å². The third-order valence-electron chi connectivity index (χ3n) is 1.58. The Labute approximate surface area is 80.0 Å². The average Bonchev–Trinajstić information content (AvgIpc) is 2.13. The number of hydrogen-bond donors (Lipinski definition) is 2. The molecule has 0 saturated heterocycles. The van der Waals surface area contributed by atoms with Gasteiger partial charge in [-0.05, 0) is 6.07 Å². The third-order valence-corrected chi connectivity index (χ3v) is 1.86. The van der Waals surface area contributed by atoms with Crippen molar-refractivity contribution in [3.05, 3.63) is 28.5 Å². The summed E-state index contributed by atoms with van der Waals surface area (Å²) in [6.45, 7) is -0.0112. The second kappa shape index (κ2) is 4.41. The Kier molecular flexibility index (Phi) is 3.48. The van der Waals surface area contributed by atoms with Crippen LogP contribution in [0.4, 0.5) is 4.39 Å². The maximum Gasteiger partial charge on any atom is 0.146 e. The number of hydrogen-bond acceptors (Lipinski definition) is 3.